The highest BCUT2D eigenvalue weighted by Crippen LogP contribution is 2.26. The van der Waals surface area contributed by atoms with Gasteiger partial charge in [0.15, 0.2) is 5.60 Å². The summed E-state index contributed by atoms with van der Waals surface area (Å²) in [4.78, 5) is 14.7. The molecule has 2 aliphatic heterocycles. The van der Waals surface area contributed by atoms with Crippen LogP contribution in [0.25, 0.3) is 0 Å². The number of amides is 1. The van der Waals surface area contributed by atoms with Gasteiger partial charge in [-0.3, -0.25) is 4.79 Å². The molecule has 126 valence electrons. The second-order valence-corrected chi connectivity index (χ2v) is 8.40. The van der Waals surface area contributed by atoms with Crippen LogP contribution in [-0.4, -0.2) is 61.6 Å². The molecule has 2 heterocycles. The van der Waals surface area contributed by atoms with Crippen molar-refractivity contribution < 1.29 is 17.9 Å². The van der Waals surface area contributed by atoms with Crippen LogP contribution in [0.1, 0.15) is 18.1 Å². The summed E-state index contributed by atoms with van der Waals surface area (Å²) < 4.78 is 30.6. The van der Waals surface area contributed by atoms with Crippen LogP contribution in [0, 0.1) is 0 Å². The number of rotatable bonds is 2. The van der Waals surface area contributed by atoms with Crippen LogP contribution >= 0.6 is 0 Å². The second-order valence-electron chi connectivity index (χ2n) is 6.42. The van der Waals surface area contributed by atoms with Crippen LogP contribution in [0.3, 0.4) is 0 Å². The highest BCUT2D eigenvalue weighted by Gasteiger charge is 2.44. The summed E-state index contributed by atoms with van der Waals surface area (Å²) >= 11 is 0. The molecule has 1 amide bonds. The molecule has 0 saturated carbocycles. The maximum absolute atomic E-state index is 12.9. The maximum Gasteiger partial charge on any atom is 0.256 e. The van der Waals surface area contributed by atoms with E-state index in [1.165, 1.54) is 16.1 Å². The van der Waals surface area contributed by atoms with Crippen molar-refractivity contribution in [2.45, 2.75) is 25.5 Å². The fourth-order valence-electron chi connectivity index (χ4n) is 3.25. The van der Waals surface area contributed by atoms with E-state index in [1.807, 2.05) is 18.2 Å². The molecular weight excluding hydrogens is 316 g/mol. The van der Waals surface area contributed by atoms with Crippen LogP contribution in [0.15, 0.2) is 24.3 Å². The minimum atomic E-state index is -3.33. The number of carbonyl (C=O) groups excluding carboxylic acids is 1. The lowest BCUT2D eigenvalue weighted by Crippen LogP contribution is -2.60. The molecule has 7 heteroatoms. The van der Waals surface area contributed by atoms with E-state index in [0.29, 0.717) is 19.6 Å². The topological polar surface area (TPSA) is 66.9 Å². The molecule has 0 unspecified atom stereocenters. The third-order valence-corrected chi connectivity index (χ3v) is 5.83. The zero-order chi connectivity index (χ0) is 16.7. The first-order valence-electron chi connectivity index (χ1n) is 7.75. The monoisotopic (exact) mass is 338 g/mol. The summed E-state index contributed by atoms with van der Waals surface area (Å²) in [5.74, 6) is -0.139. The van der Waals surface area contributed by atoms with Crippen molar-refractivity contribution in [3.8, 4) is 0 Å². The molecule has 0 radical (unpaired) electrons. The maximum atomic E-state index is 12.9. The van der Waals surface area contributed by atoms with Gasteiger partial charge in [0.2, 0.25) is 10.0 Å². The van der Waals surface area contributed by atoms with Gasteiger partial charge in [-0.2, -0.15) is 4.31 Å². The zero-order valence-electron chi connectivity index (χ0n) is 13.5. The Balaban J connectivity index is 1.77. The van der Waals surface area contributed by atoms with Crippen LogP contribution < -0.4 is 0 Å². The van der Waals surface area contributed by atoms with E-state index in [1.54, 1.807) is 11.8 Å². The minimum absolute atomic E-state index is 0.0722. The Morgan fingerprint density at radius 1 is 1.22 bits per heavy atom. The van der Waals surface area contributed by atoms with Crippen LogP contribution in [0.5, 0.6) is 0 Å². The molecule has 1 aromatic rings. The number of sulfonamides is 1. The Hall–Kier alpha value is -1.44. The molecule has 0 N–H and O–H groups in total. The smallest absolute Gasteiger partial charge is 0.256 e. The van der Waals surface area contributed by atoms with E-state index in [-0.39, 0.29) is 19.1 Å². The van der Waals surface area contributed by atoms with E-state index in [9.17, 15) is 13.2 Å². The molecule has 3 rings (SSSR count). The van der Waals surface area contributed by atoms with Crippen molar-refractivity contribution in [3.05, 3.63) is 35.4 Å². The lowest BCUT2D eigenvalue weighted by Gasteiger charge is -2.41. The lowest BCUT2D eigenvalue weighted by molar-refractivity contribution is -0.164. The Bertz CT molecular complexity index is 719. The van der Waals surface area contributed by atoms with Crippen molar-refractivity contribution in [1.82, 2.24) is 9.21 Å². The summed E-state index contributed by atoms with van der Waals surface area (Å²) in [5.41, 5.74) is 1.30. The Morgan fingerprint density at radius 2 is 1.91 bits per heavy atom. The molecule has 0 spiro atoms. The highest BCUT2D eigenvalue weighted by molar-refractivity contribution is 7.88. The van der Waals surface area contributed by atoms with Crippen LogP contribution in [0.2, 0.25) is 0 Å². The molecule has 1 atom stereocenters. The highest BCUT2D eigenvalue weighted by atomic mass is 32.2. The number of ether oxygens (including phenoxy) is 1. The number of hydrogen-bond donors (Lipinski definition) is 0. The van der Waals surface area contributed by atoms with Crippen molar-refractivity contribution in [2.75, 3.05) is 32.5 Å². The molecule has 0 aromatic heterocycles. The fraction of sp³-hybridized carbons (Fsp3) is 0.562. The van der Waals surface area contributed by atoms with E-state index >= 15 is 0 Å². The van der Waals surface area contributed by atoms with Gasteiger partial charge in [-0.05, 0) is 24.5 Å². The Kier molecular flexibility index (Phi) is 4.20. The molecule has 23 heavy (non-hydrogen) atoms. The van der Waals surface area contributed by atoms with Crippen molar-refractivity contribution in [3.63, 3.8) is 0 Å². The minimum Gasteiger partial charge on any atom is -0.363 e. The third kappa shape index (κ3) is 3.27. The van der Waals surface area contributed by atoms with Gasteiger partial charge in [0.1, 0.15) is 0 Å². The molecule has 1 fully saturated rings. The zero-order valence-corrected chi connectivity index (χ0v) is 14.3. The van der Waals surface area contributed by atoms with E-state index in [4.69, 9.17) is 4.74 Å². The van der Waals surface area contributed by atoms with E-state index in [2.05, 4.69) is 6.07 Å². The van der Waals surface area contributed by atoms with E-state index in [0.717, 1.165) is 12.0 Å². The standard InChI is InChI=1S/C16H22N2O4S/c1-16(12-18(9-10-22-16)23(2,20)21)15(19)17-8-7-13-5-3-4-6-14(13)11-17/h3-6H,7-12H2,1-2H3/t16-/m1/s1. The molecule has 1 aromatic carbocycles. The molecule has 2 aliphatic rings. The largest absolute Gasteiger partial charge is 0.363 e. The molecular formula is C16H22N2O4S. The summed E-state index contributed by atoms with van der Waals surface area (Å²) in [6.45, 7) is 3.47. The summed E-state index contributed by atoms with van der Waals surface area (Å²) in [5, 5.41) is 0. The predicted molar refractivity (Wildman–Crippen MR) is 86.3 cm³/mol. The van der Waals surface area contributed by atoms with E-state index < -0.39 is 15.6 Å². The van der Waals surface area contributed by atoms with Gasteiger partial charge in [-0.15, -0.1) is 0 Å². The SMILES string of the molecule is C[C@]1(C(=O)N2CCc3ccccc3C2)CN(S(C)(=O)=O)CCO1. The predicted octanol–water partition coefficient (Wildman–Crippen LogP) is 0.622. The average Bonchev–Trinajstić information content (AvgIpc) is 2.53. The molecule has 0 bridgehead atoms. The number of hydrogen-bond acceptors (Lipinski definition) is 4. The van der Waals surface area contributed by atoms with Crippen LogP contribution in [0.4, 0.5) is 0 Å². The molecule has 1 saturated heterocycles. The quantitative estimate of drug-likeness (QED) is 0.793. The Labute approximate surface area is 137 Å². The number of nitrogens with zero attached hydrogens (tertiary/aromatic N) is 2. The normalized spacial score (nSPS) is 25.9. The van der Waals surface area contributed by atoms with Crippen molar-refractivity contribution in [1.29, 1.82) is 0 Å². The molecule has 0 aliphatic carbocycles. The van der Waals surface area contributed by atoms with Gasteiger partial charge < -0.3 is 9.64 Å². The second kappa shape index (κ2) is 5.89. The Morgan fingerprint density at radius 3 is 2.61 bits per heavy atom. The third-order valence-electron chi connectivity index (χ3n) is 4.58. The number of morpholine rings is 1. The number of benzene rings is 1. The van der Waals surface area contributed by atoms with Gasteiger partial charge in [0, 0.05) is 19.6 Å². The first-order valence-corrected chi connectivity index (χ1v) is 9.60. The van der Waals surface area contributed by atoms with Gasteiger partial charge in [0.25, 0.3) is 5.91 Å². The lowest BCUT2D eigenvalue weighted by atomic mass is 9.97. The summed E-state index contributed by atoms with van der Waals surface area (Å²) in [6, 6.07) is 8.09. The summed E-state index contributed by atoms with van der Waals surface area (Å²) in [6.07, 6.45) is 1.98. The number of fused-ring (bicyclic) bond motifs is 1. The first-order chi connectivity index (χ1) is 10.8. The summed E-state index contributed by atoms with van der Waals surface area (Å²) in [7, 11) is -3.33. The first kappa shape index (κ1) is 16.4. The van der Waals surface area contributed by atoms with Crippen LogP contribution in [-0.2, 0) is 32.5 Å². The van der Waals surface area contributed by atoms with Gasteiger partial charge >= 0.3 is 0 Å². The van der Waals surface area contributed by atoms with Crippen molar-refractivity contribution >= 4 is 15.9 Å². The average molecular weight is 338 g/mol. The van der Waals surface area contributed by atoms with Crippen molar-refractivity contribution in [2.24, 2.45) is 0 Å². The molecule has 6 nitrogen and oxygen atoms in total. The van der Waals surface area contributed by atoms with Gasteiger partial charge in [-0.25, -0.2) is 8.42 Å². The fourth-order valence-corrected chi connectivity index (χ4v) is 4.14. The van der Waals surface area contributed by atoms with Gasteiger partial charge in [-0.1, -0.05) is 24.3 Å². The van der Waals surface area contributed by atoms with Gasteiger partial charge in [0.05, 0.1) is 19.4 Å². The number of carbonyl (C=O) groups is 1.